The van der Waals surface area contributed by atoms with Gasteiger partial charge in [0.25, 0.3) is 0 Å². The predicted molar refractivity (Wildman–Crippen MR) is 76.5 cm³/mol. The number of methoxy groups -OCH3 is 3. The van der Waals surface area contributed by atoms with Gasteiger partial charge in [0.2, 0.25) is 5.75 Å². The zero-order chi connectivity index (χ0) is 14.7. The topological polar surface area (TPSA) is 79.5 Å². The van der Waals surface area contributed by atoms with E-state index in [-0.39, 0.29) is 11.0 Å². The van der Waals surface area contributed by atoms with Crippen LogP contribution in [0.25, 0.3) is 11.3 Å². The molecule has 0 fully saturated rings. The Kier molecular flexibility index (Phi) is 4.14. The minimum atomic E-state index is 0.149. The largest absolute Gasteiger partial charge is 0.493 e. The van der Waals surface area contributed by atoms with Crippen LogP contribution in [0.2, 0.25) is 5.15 Å². The molecule has 1 aromatic heterocycles. The zero-order valence-corrected chi connectivity index (χ0v) is 12.1. The van der Waals surface area contributed by atoms with Crippen molar-refractivity contribution in [1.29, 1.82) is 0 Å². The summed E-state index contributed by atoms with van der Waals surface area (Å²) in [5, 5.41) is 0.149. The van der Waals surface area contributed by atoms with Crippen molar-refractivity contribution >= 4 is 17.4 Å². The molecule has 20 heavy (non-hydrogen) atoms. The number of ether oxygens (including phenoxy) is 3. The number of benzene rings is 1. The van der Waals surface area contributed by atoms with Gasteiger partial charge in [0.15, 0.2) is 22.5 Å². The molecule has 2 aromatic rings. The molecular weight excluding hydrogens is 282 g/mol. The average molecular weight is 296 g/mol. The molecule has 0 bridgehead atoms. The van der Waals surface area contributed by atoms with Gasteiger partial charge in [-0.25, -0.2) is 9.97 Å². The van der Waals surface area contributed by atoms with Crippen LogP contribution in [0.15, 0.2) is 18.3 Å². The van der Waals surface area contributed by atoms with Crippen molar-refractivity contribution < 1.29 is 14.2 Å². The Morgan fingerprint density at radius 3 is 2.10 bits per heavy atom. The second-order valence-corrected chi connectivity index (χ2v) is 4.20. The van der Waals surface area contributed by atoms with Gasteiger partial charge in [-0.05, 0) is 12.1 Å². The fourth-order valence-corrected chi connectivity index (χ4v) is 1.88. The van der Waals surface area contributed by atoms with Crippen molar-refractivity contribution in [3.63, 3.8) is 0 Å². The molecular formula is C13H14ClN3O3. The second-order valence-electron chi connectivity index (χ2n) is 3.85. The number of hydrogen-bond acceptors (Lipinski definition) is 6. The summed E-state index contributed by atoms with van der Waals surface area (Å²) in [7, 11) is 4.63. The van der Waals surface area contributed by atoms with Crippen LogP contribution in [0.4, 0.5) is 5.82 Å². The first kappa shape index (κ1) is 14.2. The lowest BCUT2D eigenvalue weighted by atomic mass is 10.1. The van der Waals surface area contributed by atoms with Gasteiger partial charge in [-0.3, -0.25) is 0 Å². The molecule has 7 heteroatoms. The molecule has 2 rings (SSSR count). The van der Waals surface area contributed by atoms with Crippen molar-refractivity contribution in [3.05, 3.63) is 23.5 Å². The molecule has 0 aliphatic carbocycles. The van der Waals surface area contributed by atoms with Crippen LogP contribution < -0.4 is 19.9 Å². The lowest BCUT2D eigenvalue weighted by Gasteiger charge is -2.14. The van der Waals surface area contributed by atoms with Crippen molar-refractivity contribution in [2.45, 2.75) is 0 Å². The molecule has 0 radical (unpaired) electrons. The first-order valence-electron chi connectivity index (χ1n) is 5.69. The van der Waals surface area contributed by atoms with E-state index in [0.717, 1.165) is 5.56 Å². The molecule has 1 heterocycles. The van der Waals surface area contributed by atoms with E-state index in [0.29, 0.717) is 22.9 Å². The van der Waals surface area contributed by atoms with Gasteiger partial charge in [-0.2, -0.15) is 0 Å². The van der Waals surface area contributed by atoms with Crippen LogP contribution >= 0.6 is 11.6 Å². The number of hydrogen-bond donors (Lipinski definition) is 1. The van der Waals surface area contributed by atoms with Crippen LogP contribution in [0.5, 0.6) is 17.2 Å². The van der Waals surface area contributed by atoms with E-state index < -0.39 is 0 Å². The molecule has 0 spiro atoms. The SMILES string of the molecule is COc1cc(-c2cnc(N)c(Cl)n2)cc(OC)c1OC. The monoisotopic (exact) mass is 295 g/mol. The summed E-state index contributed by atoms with van der Waals surface area (Å²) < 4.78 is 15.8. The van der Waals surface area contributed by atoms with Crippen molar-refractivity contribution in [3.8, 4) is 28.5 Å². The number of nitrogens with two attached hydrogens (primary N) is 1. The molecule has 6 nitrogen and oxygen atoms in total. The Labute approximate surface area is 121 Å². The maximum atomic E-state index is 5.88. The number of rotatable bonds is 4. The molecule has 0 unspecified atom stereocenters. The van der Waals surface area contributed by atoms with Crippen LogP contribution in [0.3, 0.4) is 0 Å². The summed E-state index contributed by atoms with van der Waals surface area (Å²) in [6.07, 6.45) is 1.53. The minimum absolute atomic E-state index is 0.149. The fraction of sp³-hybridized carbons (Fsp3) is 0.231. The van der Waals surface area contributed by atoms with E-state index in [2.05, 4.69) is 9.97 Å². The van der Waals surface area contributed by atoms with Crippen LogP contribution in [0.1, 0.15) is 0 Å². The quantitative estimate of drug-likeness (QED) is 0.933. The molecule has 0 atom stereocenters. The minimum Gasteiger partial charge on any atom is -0.493 e. The van der Waals surface area contributed by atoms with E-state index in [1.54, 1.807) is 33.5 Å². The Morgan fingerprint density at radius 2 is 1.65 bits per heavy atom. The van der Waals surface area contributed by atoms with E-state index in [9.17, 15) is 0 Å². The highest BCUT2D eigenvalue weighted by Crippen LogP contribution is 2.40. The lowest BCUT2D eigenvalue weighted by molar-refractivity contribution is 0.324. The maximum Gasteiger partial charge on any atom is 0.203 e. The maximum absolute atomic E-state index is 5.88. The van der Waals surface area contributed by atoms with E-state index in [1.807, 2.05) is 0 Å². The smallest absolute Gasteiger partial charge is 0.203 e. The number of halogens is 1. The molecule has 0 amide bonds. The summed E-state index contributed by atoms with van der Waals surface area (Å²) in [6.45, 7) is 0. The molecule has 0 saturated carbocycles. The molecule has 0 aliphatic heterocycles. The molecule has 1 aromatic carbocycles. The first-order valence-corrected chi connectivity index (χ1v) is 6.07. The number of anilines is 1. The van der Waals surface area contributed by atoms with Crippen LogP contribution in [-0.4, -0.2) is 31.3 Å². The van der Waals surface area contributed by atoms with Gasteiger partial charge in [0.1, 0.15) is 0 Å². The summed E-state index contributed by atoms with van der Waals surface area (Å²) in [5.74, 6) is 1.74. The zero-order valence-electron chi connectivity index (χ0n) is 11.3. The predicted octanol–water partition coefficient (Wildman–Crippen LogP) is 2.41. The van der Waals surface area contributed by atoms with Gasteiger partial charge in [-0.15, -0.1) is 0 Å². The van der Waals surface area contributed by atoms with Crippen molar-refractivity contribution in [2.75, 3.05) is 27.1 Å². The number of nitrogens with zero attached hydrogens (tertiary/aromatic N) is 2. The van der Waals surface area contributed by atoms with E-state index in [1.165, 1.54) is 6.20 Å². The van der Waals surface area contributed by atoms with E-state index in [4.69, 9.17) is 31.5 Å². The average Bonchev–Trinajstić information content (AvgIpc) is 2.48. The van der Waals surface area contributed by atoms with Crippen LogP contribution in [-0.2, 0) is 0 Å². The molecule has 106 valence electrons. The Morgan fingerprint density at radius 1 is 1.05 bits per heavy atom. The Hall–Kier alpha value is -2.21. The van der Waals surface area contributed by atoms with Crippen molar-refractivity contribution in [1.82, 2.24) is 9.97 Å². The third kappa shape index (κ3) is 2.55. The third-order valence-corrected chi connectivity index (χ3v) is 2.99. The van der Waals surface area contributed by atoms with Gasteiger partial charge >= 0.3 is 0 Å². The highest BCUT2D eigenvalue weighted by molar-refractivity contribution is 6.31. The highest BCUT2D eigenvalue weighted by Gasteiger charge is 2.15. The standard InChI is InChI=1S/C13H14ClN3O3/c1-18-9-4-7(5-10(19-2)11(9)20-3)8-6-16-13(15)12(14)17-8/h4-6H,1-3H3,(H2,15,16). The van der Waals surface area contributed by atoms with Gasteiger partial charge in [-0.1, -0.05) is 11.6 Å². The summed E-state index contributed by atoms with van der Waals surface area (Å²) >= 11 is 5.88. The third-order valence-electron chi connectivity index (χ3n) is 2.72. The summed E-state index contributed by atoms with van der Waals surface area (Å²) in [4.78, 5) is 8.15. The van der Waals surface area contributed by atoms with Gasteiger partial charge in [0, 0.05) is 5.56 Å². The van der Waals surface area contributed by atoms with Gasteiger partial charge < -0.3 is 19.9 Å². The second kappa shape index (κ2) is 5.83. The van der Waals surface area contributed by atoms with Gasteiger partial charge in [0.05, 0.1) is 33.2 Å². The van der Waals surface area contributed by atoms with Crippen molar-refractivity contribution in [2.24, 2.45) is 0 Å². The Bertz CT molecular complexity index is 609. The normalized spacial score (nSPS) is 10.2. The van der Waals surface area contributed by atoms with E-state index >= 15 is 0 Å². The molecule has 0 saturated heterocycles. The molecule has 2 N–H and O–H groups in total. The van der Waals surface area contributed by atoms with Crippen LogP contribution in [0, 0.1) is 0 Å². The fourth-order valence-electron chi connectivity index (χ4n) is 1.74. The Balaban J connectivity index is 2.59. The lowest BCUT2D eigenvalue weighted by Crippen LogP contribution is -1.98. The molecule has 0 aliphatic rings. The summed E-state index contributed by atoms with van der Waals surface area (Å²) in [5.41, 5.74) is 6.84. The summed E-state index contributed by atoms with van der Waals surface area (Å²) in [6, 6.07) is 3.52. The number of nitrogen functional groups attached to an aromatic ring is 1. The highest BCUT2D eigenvalue weighted by atomic mass is 35.5. The first-order chi connectivity index (χ1) is 9.60. The number of aromatic nitrogens is 2.